The van der Waals surface area contributed by atoms with Gasteiger partial charge in [-0.1, -0.05) is 24.3 Å². The summed E-state index contributed by atoms with van der Waals surface area (Å²) in [5.41, 5.74) is 3.46. The maximum absolute atomic E-state index is 13.3. The monoisotopic (exact) mass is 404 g/mol. The van der Waals surface area contributed by atoms with Gasteiger partial charge in [-0.3, -0.25) is 14.5 Å². The highest BCUT2D eigenvalue weighted by atomic mass is 16.3. The molecule has 1 unspecified atom stereocenters. The number of carbonyl (C=O) groups is 3. The lowest BCUT2D eigenvalue weighted by Gasteiger charge is -2.21. The fraction of sp³-hybridized carbons (Fsp3) is 0.292. The van der Waals surface area contributed by atoms with Crippen LogP contribution in [0.1, 0.15) is 52.2 Å². The number of aryl methyl sites for hydroxylation is 2. The molecule has 6 heteroatoms. The van der Waals surface area contributed by atoms with Crippen LogP contribution < -0.4 is 5.32 Å². The smallest absolute Gasteiger partial charge is 0.325 e. The fourth-order valence-corrected chi connectivity index (χ4v) is 4.41. The van der Waals surface area contributed by atoms with Gasteiger partial charge in [0, 0.05) is 10.9 Å². The van der Waals surface area contributed by atoms with E-state index in [1.54, 1.807) is 13.0 Å². The highest BCUT2D eigenvalue weighted by Crippen LogP contribution is 2.34. The van der Waals surface area contributed by atoms with Gasteiger partial charge in [0.1, 0.15) is 11.3 Å². The predicted molar refractivity (Wildman–Crippen MR) is 113 cm³/mol. The van der Waals surface area contributed by atoms with Crippen LogP contribution in [0.25, 0.3) is 11.0 Å². The maximum Gasteiger partial charge on any atom is 0.325 e. The molecule has 30 heavy (non-hydrogen) atoms. The van der Waals surface area contributed by atoms with Crippen LogP contribution in [0.4, 0.5) is 4.79 Å². The van der Waals surface area contributed by atoms with Crippen LogP contribution in [0.3, 0.4) is 0 Å². The normalized spacial score (nSPS) is 18.9. The molecule has 1 saturated heterocycles. The van der Waals surface area contributed by atoms with Gasteiger partial charge in [-0.25, -0.2) is 4.79 Å². The maximum atomic E-state index is 13.3. The average molecular weight is 404 g/mol. The lowest BCUT2D eigenvalue weighted by Crippen LogP contribution is -2.40. The number of urea groups is 1. The molecule has 3 aromatic rings. The Kier molecular flexibility index (Phi) is 4.53. The summed E-state index contributed by atoms with van der Waals surface area (Å²) < 4.78 is 5.88. The SMILES string of the molecule is CC(=O)c1c(C)cc(C)c(CN2C(=O)NC(C)(c3cc4ccccc4o3)C2=O)c1C. The standard InChI is InChI=1S/C24H24N2O4/c1-13-10-14(2)21(16(4)27)15(3)18(13)12-26-22(28)24(5,25-23(26)29)20-11-17-8-6-7-9-19(17)30-20/h6-11H,12H2,1-5H3,(H,25,29). The molecule has 1 aliphatic rings. The molecule has 2 aromatic carbocycles. The molecule has 0 bridgehead atoms. The van der Waals surface area contributed by atoms with E-state index in [0.717, 1.165) is 27.6 Å². The number of furan rings is 1. The summed E-state index contributed by atoms with van der Waals surface area (Å²) in [5, 5.41) is 3.66. The highest BCUT2D eigenvalue weighted by Gasteiger charge is 2.51. The molecule has 1 N–H and O–H groups in total. The van der Waals surface area contributed by atoms with Gasteiger partial charge in [0.2, 0.25) is 0 Å². The van der Waals surface area contributed by atoms with Gasteiger partial charge in [-0.05, 0) is 69.0 Å². The van der Waals surface area contributed by atoms with Gasteiger partial charge < -0.3 is 9.73 Å². The van der Waals surface area contributed by atoms with Crippen molar-refractivity contribution in [2.45, 2.75) is 46.7 Å². The lowest BCUT2D eigenvalue weighted by molar-refractivity contribution is -0.132. The van der Waals surface area contributed by atoms with Gasteiger partial charge >= 0.3 is 6.03 Å². The first-order valence-electron chi connectivity index (χ1n) is 9.87. The summed E-state index contributed by atoms with van der Waals surface area (Å²) in [6, 6.07) is 10.7. The molecule has 0 saturated carbocycles. The number of nitrogens with one attached hydrogen (secondary N) is 1. The van der Waals surface area contributed by atoms with Crippen LogP contribution in [-0.4, -0.2) is 22.6 Å². The van der Waals surface area contributed by atoms with Crippen LogP contribution in [0.15, 0.2) is 40.8 Å². The van der Waals surface area contributed by atoms with Gasteiger partial charge in [-0.15, -0.1) is 0 Å². The number of Topliss-reactive ketones (excluding diaryl/α,β-unsaturated/α-hetero) is 1. The quantitative estimate of drug-likeness (QED) is 0.512. The second kappa shape index (κ2) is 6.83. The summed E-state index contributed by atoms with van der Waals surface area (Å²) >= 11 is 0. The minimum atomic E-state index is -1.29. The topological polar surface area (TPSA) is 79.6 Å². The molecular weight excluding hydrogens is 380 g/mol. The molecule has 0 aliphatic carbocycles. The Hall–Kier alpha value is -3.41. The third-order valence-electron chi connectivity index (χ3n) is 5.99. The Labute approximate surface area is 174 Å². The molecule has 1 atom stereocenters. The van der Waals surface area contributed by atoms with Crippen molar-refractivity contribution in [3.8, 4) is 0 Å². The van der Waals surface area contributed by atoms with E-state index >= 15 is 0 Å². The first kappa shape index (κ1) is 19.9. The summed E-state index contributed by atoms with van der Waals surface area (Å²) in [5.74, 6) is -0.0165. The van der Waals surface area contributed by atoms with Gasteiger partial charge in [0.15, 0.2) is 11.3 Å². The molecule has 3 amide bonds. The molecule has 0 spiro atoms. The van der Waals surface area contributed by atoms with Gasteiger partial charge in [0.25, 0.3) is 5.91 Å². The van der Waals surface area contributed by atoms with E-state index < -0.39 is 11.6 Å². The van der Waals surface area contributed by atoms with E-state index in [0.29, 0.717) is 16.9 Å². The minimum absolute atomic E-state index is 0.0319. The number of para-hydroxylation sites is 1. The van der Waals surface area contributed by atoms with Crippen molar-refractivity contribution >= 4 is 28.7 Å². The zero-order chi connectivity index (χ0) is 21.8. The average Bonchev–Trinajstić information content (AvgIpc) is 3.19. The number of imide groups is 1. The third-order valence-corrected chi connectivity index (χ3v) is 5.99. The molecule has 1 fully saturated rings. The molecule has 154 valence electrons. The Morgan fingerprint density at radius 2 is 1.80 bits per heavy atom. The number of hydrogen-bond donors (Lipinski definition) is 1. The third kappa shape index (κ3) is 2.91. The summed E-state index contributed by atoms with van der Waals surface area (Å²) in [6.45, 7) is 8.96. The first-order chi connectivity index (χ1) is 14.1. The van der Waals surface area contributed by atoms with Gasteiger partial charge in [-0.2, -0.15) is 0 Å². The van der Waals surface area contributed by atoms with Crippen molar-refractivity contribution in [3.63, 3.8) is 0 Å². The molecular formula is C24H24N2O4. The fourth-order valence-electron chi connectivity index (χ4n) is 4.41. The van der Waals surface area contributed by atoms with Crippen molar-refractivity contribution in [2.75, 3.05) is 0 Å². The summed E-state index contributed by atoms with van der Waals surface area (Å²) in [7, 11) is 0. The number of amides is 3. The van der Waals surface area contributed by atoms with Crippen molar-refractivity contribution in [2.24, 2.45) is 0 Å². The molecule has 1 aromatic heterocycles. The lowest BCUT2D eigenvalue weighted by atomic mass is 9.91. The number of benzene rings is 2. The summed E-state index contributed by atoms with van der Waals surface area (Å²) in [6.07, 6.45) is 0. The highest BCUT2D eigenvalue weighted by molar-refractivity contribution is 6.07. The number of nitrogens with zero attached hydrogens (tertiary/aromatic N) is 1. The van der Waals surface area contributed by atoms with E-state index in [1.165, 1.54) is 11.8 Å². The Morgan fingerprint density at radius 1 is 1.10 bits per heavy atom. The van der Waals surface area contributed by atoms with E-state index in [1.807, 2.05) is 51.1 Å². The Morgan fingerprint density at radius 3 is 2.47 bits per heavy atom. The van der Waals surface area contributed by atoms with Crippen molar-refractivity contribution in [1.82, 2.24) is 10.2 Å². The van der Waals surface area contributed by atoms with Crippen molar-refractivity contribution < 1.29 is 18.8 Å². The summed E-state index contributed by atoms with van der Waals surface area (Å²) in [4.78, 5) is 39.4. The number of carbonyl (C=O) groups excluding carboxylic acids is 3. The number of fused-ring (bicyclic) bond motifs is 1. The zero-order valence-corrected chi connectivity index (χ0v) is 17.8. The molecule has 6 nitrogen and oxygen atoms in total. The van der Waals surface area contributed by atoms with Crippen molar-refractivity contribution in [3.05, 3.63) is 70.0 Å². The minimum Gasteiger partial charge on any atom is -0.458 e. The number of rotatable bonds is 4. The number of ketones is 1. The first-order valence-corrected chi connectivity index (χ1v) is 9.87. The second-order valence-corrected chi connectivity index (χ2v) is 8.14. The van der Waals surface area contributed by atoms with Crippen LogP contribution in [-0.2, 0) is 16.9 Å². The largest absolute Gasteiger partial charge is 0.458 e. The van der Waals surface area contributed by atoms with Gasteiger partial charge in [0.05, 0.1) is 6.54 Å². The van der Waals surface area contributed by atoms with Crippen LogP contribution in [0.5, 0.6) is 0 Å². The zero-order valence-electron chi connectivity index (χ0n) is 17.8. The van der Waals surface area contributed by atoms with E-state index in [2.05, 4.69) is 5.32 Å². The van der Waals surface area contributed by atoms with Crippen LogP contribution >= 0.6 is 0 Å². The second-order valence-electron chi connectivity index (χ2n) is 8.14. The van der Waals surface area contributed by atoms with Crippen molar-refractivity contribution in [1.29, 1.82) is 0 Å². The van der Waals surface area contributed by atoms with Crippen LogP contribution in [0.2, 0.25) is 0 Å². The van der Waals surface area contributed by atoms with Crippen LogP contribution in [0, 0.1) is 20.8 Å². The molecule has 1 aliphatic heterocycles. The van der Waals surface area contributed by atoms with E-state index in [9.17, 15) is 14.4 Å². The molecule has 2 heterocycles. The Bertz CT molecular complexity index is 1190. The van der Waals surface area contributed by atoms with E-state index in [-0.39, 0.29) is 18.2 Å². The molecule has 0 radical (unpaired) electrons. The predicted octanol–water partition coefficient (Wildman–Crippen LogP) is 4.53. The Balaban J connectivity index is 1.72. The molecule has 4 rings (SSSR count). The number of hydrogen-bond acceptors (Lipinski definition) is 4. The van der Waals surface area contributed by atoms with E-state index in [4.69, 9.17) is 4.42 Å².